The average molecular weight is 270 g/mol. The van der Waals surface area contributed by atoms with Crippen LogP contribution >= 0.6 is 0 Å². The van der Waals surface area contributed by atoms with E-state index in [0.29, 0.717) is 0 Å². The third-order valence-electron chi connectivity index (χ3n) is 1.67. The van der Waals surface area contributed by atoms with Gasteiger partial charge in [0, 0.05) is 6.07 Å². The Kier molecular flexibility index (Phi) is 3.94. The lowest BCUT2D eigenvalue weighted by Gasteiger charge is -2.07. The van der Waals surface area contributed by atoms with Crippen LogP contribution in [0.5, 0.6) is 5.88 Å². The third kappa shape index (κ3) is 5.00. The number of sulfonamides is 1. The van der Waals surface area contributed by atoms with Gasteiger partial charge in [-0.3, -0.25) is 0 Å². The van der Waals surface area contributed by atoms with Crippen LogP contribution in [0.4, 0.5) is 13.2 Å². The number of rotatable bonds is 4. The molecule has 0 spiro atoms. The first-order valence-corrected chi connectivity index (χ1v) is 5.91. The summed E-state index contributed by atoms with van der Waals surface area (Å²) >= 11 is 0. The summed E-state index contributed by atoms with van der Waals surface area (Å²) in [6, 6.07) is 2.24. The van der Waals surface area contributed by atoms with Gasteiger partial charge in [-0.2, -0.15) is 13.2 Å². The second kappa shape index (κ2) is 4.88. The van der Waals surface area contributed by atoms with Crippen molar-refractivity contribution in [3.8, 4) is 5.88 Å². The number of hydrogen-bond donors (Lipinski definition) is 1. The molecule has 0 aliphatic carbocycles. The molecule has 1 aromatic rings. The molecule has 0 atom stereocenters. The van der Waals surface area contributed by atoms with Crippen LogP contribution in [0, 0.1) is 0 Å². The molecule has 5 nitrogen and oxygen atoms in total. The SMILES string of the molecule is NS(=O)(=O)c1ccc(OCCC(F)(F)F)nc1. The molecule has 0 fully saturated rings. The highest BCUT2D eigenvalue weighted by Crippen LogP contribution is 2.19. The van der Waals surface area contributed by atoms with Crippen molar-refractivity contribution in [2.45, 2.75) is 17.5 Å². The zero-order chi connectivity index (χ0) is 13.1. The zero-order valence-electron chi connectivity index (χ0n) is 8.44. The van der Waals surface area contributed by atoms with Crippen molar-refractivity contribution in [3.05, 3.63) is 18.3 Å². The number of halogens is 3. The summed E-state index contributed by atoms with van der Waals surface area (Å²) < 4.78 is 61.7. The van der Waals surface area contributed by atoms with Crippen molar-refractivity contribution < 1.29 is 26.3 Å². The Morgan fingerprint density at radius 1 is 1.35 bits per heavy atom. The third-order valence-corrected chi connectivity index (χ3v) is 2.57. The fourth-order valence-electron chi connectivity index (χ4n) is 0.892. The maximum absolute atomic E-state index is 11.8. The van der Waals surface area contributed by atoms with E-state index in [-0.39, 0.29) is 10.8 Å². The first-order valence-electron chi connectivity index (χ1n) is 4.37. The number of nitrogens with two attached hydrogens (primary N) is 1. The van der Waals surface area contributed by atoms with Gasteiger partial charge in [0.2, 0.25) is 15.9 Å². The van der Waals surface area contributed by atoms with E-state index in [9.17, 15) is 21.6 Å². The van der Waals surface area contributed by atoms with Crippen LogP contribution in [0.3, 0.4) is 0 Å². The molecule has 2 N–H and O–H groups in total. The number of nitrogens with zero attached hydrogens (tertiary/aromatic N) is 1. The van der Waals surface area contributed by atoms with E-state index in [0.717, 1.165) is 18.3 Å². The summed E-state index contributed by atoms with van der Waals surface area (Å²) in [6.45, 7) is -0.578. The Hall–Kier alpha value is -1.35. The molecule has 1 heterocycles. The number of primary sulfonamides is 1. The second-order valence-corrected chi connectivity index (χ2v) is 4.65. The molecule has 0 bridgehead atoms. The fraction of sp³-hybridized carbons (Fsp3) is 0.375. The lowest BCUT2D eigenvalue weighted by atomic mass is 10.4. The largest absolute Gasteiger partial charge is 0.477 e. The molecule has 0 aliphatic heterocycles. The highest BCUT2D eigenvalue weighted by atomic mass is 32.2. The summed E-state index contributed by atoms with van der Waals surface area (Å²) in [5, 5.41) is 4.81. The van der Waals surface area contributed by atoms with E-state index in [2.05, 4.69) is 9.72 Å². The van der Waals surface area contributed by atoms with Gasteiger partial charge in [0.25, 0.3) is 0 Å². The Balaban J connectivity index is 2.58. The van der Waals surface area contributed by atoms with Crippen molar-refractivity contribution in [2.24, 2.45) is 5.14 Å². The van der Waals surface area contributed by atoms with Crippen LogP contribution in [0.15, 0.2) is 23.2 Å². The van der Waals surface area contributed by atoms with E-state index in [1.54, 1.807) is 0 Å². The number of ether oxygens (including phenoxy) is 1. The van der Waals surface area contributed by atoms with E-state index in [4.69, 9.17) is 5.14 Å². The molecule has 1 rings (SSSR count). The maximum Gasteiger partial charge on any atom is 0.392 e. The lowest BCUT2D eigenvalue weighted by molar-refractivity contribution is -0.139. The van der Waals surface area contributed by atoms with Crippen LogP contribution in [0.2, 0.25) is 0 Å². The monoisotopic (exact) mass is 270 g/mol. The fourth-order valence-corrected chi connectivity index (χ4v) is 1.35. The molecule has 0 radical (unpaired) electrons. The van der Waals surface area contributed by atoms with Gasteiger partial charge in [0.15, 0.2) is 0 Å². The summed E-state index contributed by atoms with van der Waals surface area (Å²) in [6.07, 6.45) is -4.50. The van der Waals surface area contributed by atoms with Gasteiger partial charge in [0.1, 0.15) is 4.90 Å². The van der Waals surface area contributed by atoms with E-state index in [1.807, 2.05) is 0 Å². The summed E-state index contributed by atoms with van der Waals surface area (Å²) in [4.78, 5) is 3.28. The highest BCUT2D eigenvalue weighted by Gasteiger charge is 2.26. The smallest absolute Gasteiger partial charge is 0.392 e. The average Bonchev–Trinajstić information content (AvgIpc) is 2.15. The van der Waals surface area contributed by atoms with Crippen LogP contribution in [-0.4, -0.2) is 26.2 Å². The predicted octanol–water partition coefficient (Wildman–Crippen LogP) is 1.06. The molecule has 9 heteroatoms. The van der Waals surface area contributed by atoms with Crippen molar-refractivity contribution in [3.63, 3.8) is 0 Å². The van der Waals surface area contributed by atoms with Gasteiger partial charge in [-0.1, -0.05) is 0 Å². The van der Waals surface area contributed by atoms with E-state index >= 15 is 0 Å². The van der Waals surface area contributed by atoms with Crippen molar-refractivity contribution in [1.29, 1.82) is 0 Å². The van der Waals surface area contributed by atoms with Gasteiger partial charge in [-0.25, -0.2) is 18.5 Å². The Morgan fingerprint density at radius 2 is 2.00 bits per heavy atom. The van der Waals surface area contributed by atoms with Gasteiger partial charge >= 0.3 is 6.18 Å². The number of alkyl halides is 3. The summed E-state index contributed by atoms with van der Waals surface area (Å²) in [7, 11) is -3.86. The molecule has 17 heavy (non-hydrogen) atoms. The molecular weight excluding hydrogens is 261 g/mol. The Bertz CT molecular complexity index is 470. The van der Waals surface area contributed by atoms with Crippen LogP contribution < -0.4 is 9.88 Å². The van der Waals surface area contributed by atoms with Crippen LogP contribution in [0.25, 0.3) is 0 Å². The molecule has 0 unspecified atom stereocenters. The summed E-state index contributed by atoms with van der Waals surface area (Å²) in [5.41, 5.74) is 0. The minimum atomic E-state index is -4.31. The van der Waals surface area contributed by atoms with E-state index in [1.165, 1.54) is 0 Å². The predicted molar refractivity (Wildman–Crippen MR) is 51.8 cm³/mol. The molecule has 0 saturated carbocycles. The zero-order valence-corrected chi connectivity index (χ0v) is 9.25. The van der Waals surface area contributed by atoms with E-state index < -0.39 is 29.2 Å². The highest BCUT2D eigenvalue weighted by molar-refractivity contribution is 7.89. The molecule has 0 aromatic carbocycles. The molecule has 96 valence electrons. The number of pyridine rings is 1. The van der Waals surface area contributed by atoms with Crippen molar-refractivity contribution >= 4 is 10.0 Å². The van der Waals surface area contributed by atoms with Gasteiger partial charge in [-0.05, 0) is 6.07 Å². The van der Waals surface area contributed by atoms with Crippen molar-refractivity contribution in [2.75, 3.05) is 6.61 Å². The minimum absolute atomic E-state index is 0.0957. The maximum atomic E-state index is 11.8. The lowest BCUT2D eigenvalue weighted by Crippen LogP contribution is -2.14. The first-order chi connectivity index (χ1) is 7.68. The first kappa shape index (κ1) is 13.7. The number of aromatic nitrogens is 1. The normalized spacial score (nSPS) is 12.5. The van der Waals surface area contributed by atoms with Gasteiger partial charge in [-0.15, -0.1) is 0 Å². The Labute approximate surface area is 95.5 Å². The second-order valence-electron chi connectivity index (χ2n) is 3.09. The molecule has 0 aliphatic rings. The van der Waals surface area contributed by atoms with Crippen LogP contribution in [-0.2, 0) is 10.0 Å². The topological polar surface area (TPSA) is 82.3 Å². The molecule has 1 aromatic heterocycles. The standard InChI is InChI=1S/C8H9F3N2O3S/c9-8(10,11)3-4-16-7-2-1-6(5-13-7)17(12,14)15/h1-2,5H,3-4H2,(H2,12,14,15). The van der Waals surface area contributed by atoms with Gasteiger partial charge < -0.3 is 4.74 Å². The molecular formula is C8H9F3N2O3S. The minimum Gasteiger partial charge on any atom is -0.477 e. The Morgan fingerprint density at radius 3 is 2.41 bits per heavy atom. The van der Waals surface area contributed by atoms with Gasteiger partial charge in [0.05, 0.1) is 19.2 Å². The molecule has 0 amide bonds. The summed E-state index contributed by atoms with van der Waals surface area (Å²) in [5.74, 6) is -0.0957. The molecule has 0 saturated heterocycles. The van der Waals surface area contributed by atoms with Crippen LogP contribution in [0.1, 0.15) is 6.42 Å². The quantitative estimate of drug-likeness (QED) is 0.886. The number of hydrogen-bond acceptors (Lipinski definition) is 4. The van der Waals surface area contributed by atoms with Crippen molar-refractivity contribution in [1.82, 2.24) is 4.98 Å².